The zero-order valence-electron chi connectivity index (χ0n) is 35.5. The second-order valence-corrected chi connectivity index (χ2v) is 16.8. The Hall–Kier alpha value is -8.61. The van der Waals surface area contributed by atoms with Gasteiger partial charge in [0.1, 0.15) is 11.5 Å². The van der Waals surface area contributed by atoms with Gasteiger partial charge in [-0.3, -0.25) is 0 Å². The number of para-hydroxylation sites is 4. The second-order valence-electron chi connectivity index (χ2n) is 16.8. The molecule has 0 amide bonds. The molecule has 3 aromatic heterocycles. The van der Waals surface area contributed by atoms with Gasteiger partial charge in [-0.2, -0.15) is 0 Å². The Bertz CT molecular complexity index is 3760. The molecule has 1 atom stereocenters. The molecule has 0 aliphatic carbocycles. The number of rotatable bonds is 6. The fourth-order valence-corrected chi connectivity index (χ4v) is 10.7. The third kappa shape index (κ3) is 5.31. The average molecular weight is 834 g/mol. The summed E-state index contributed by atoms with van der Waals surface area (Å²) in [5, 5.41) is 4.72. The maximum atomic E-state index is 7.01. The van der Waals surface area contributed by atoms with Gasteiger partial charge in [0.05, 0.1) is 33.2 Å². The van der Waals surface area contributed by atoms with E-state index in [0.717, 1.165) is 72.5 Å². The Morgan fingerprint density at radius 2 is 1.05 bits per heavy atom. The largest absolute Gasteiger partial charge is 0.461 e. The molecule has 11 aromatic rings. The number of aromatic nitrogens is 5. The second kappa shape index (κ2) is 14.2. The van der Waals surface area contributed by atoms with Crippen LogP contribution in [0.1, 0.15) is 23.6 Å². The quantitative estimate of drug-likeness (QED) is 0.157. The van der Waals surface area contributed by atoms with Crippen LogP contribution in [-0.2, 0) is 5.41 Å². The summed E-state index contributed by atoms with van der Waals surface area (Å²) < 4.78 is 11.9. The van der Waals surface area contributed by atoms with Crippen molar-refractivity contribution >= 4 is 43.6 Å². The first kappa shape index (κ1) is 37.0. The summed E-state index contributed by atoms with van der Waals surface area (Å²) in [4.78, 5) is 15.0. The summed E-state index contributed by atoms with van der Waals surface area (Å²) in [7, 11) is 0. The predicted molar refractivity (Wildman–Crippen MR) is 264 cm³/mol. The minimum Gasteiger partial charge on any atom is -0.461 e. The summed E-state index contributed by atoms with van der Waals surface area (Å²) in [5.74, 6) is 3.58. The van der Waals surface area contributed by atoms with Gasteiger partial charge in [0.2, 0.25) is 0 Å². The molecule has 2 aliphatic rings. The van der Waals surface area contributed by atoms with E-state index >= 15 is 0 Å². The fourth-order valence-electron chi connectivity index (χ4n) is 10.7. The van der Waals surface area contributed by atoms with Gasteiger partial charge in [0.15, 0.2) is 17.5 Å². The highest BCUT2D eigenvalue weighted by Gasteiger charge is 2.50. The van der Waals surface area contributed by atoms with Gasteiger partial charge >= 0.3 is 0 Å². The summed E-state index contributed by atoms with van der Waals surface area (Å²) >= 11 is 0. The average Bonchev–Trinajstić information content (AvgIpc) is 3.88. The Morgan fingerprint density at radius 3 is 1.72 bits per heavy atom. The lowest BCUT2D eigenvalue weighted by Gasteiger charge is -2.45. The minimum atomic E-state index is -0.734. The smallest absolute Gasteiger partial charge is 0.164 e. The molecule has 13 rings (SSSR count). The molecule has 0 bridgehead atoms. The molecule has 0 radical (unpaired) electrons. The van der Waals surface area contributed by atoms with Crippen molar-refractivity contribution in [2.75, 3.05) is 0 Å². The molecule has 6 nitrogen and oxygen atoms in total. The van der Waals surface area contributed by atoms with Gasteiger partial charge in [0, 0.05) is 55.1 Å². The standard InChI is InChI=1S/C59H39N5O/c1-3-4-25-46-37(2)65-54-35-45-43-23-12-14-28-50(43)63(41-33-31-40(32-34-41)58-61-56(38-18-7-5-8-19-38)60-57(62-58)39-20-9-6-10-21-39)53(45)36-49(54)59(46)47-26-13-16-30-52(47)64-51-29-15-11-22-42(51)44-24-17-27-48(59)55(44)64/h3-36H,1H2,2H3/b25-4-. The molecule has 6 heteroatoms. The normalized spacial score (nSPS) is 15.3. The molecule has 1 spiro atoms. The van der Waals surface area contributed by atoms with Gasteiger partial charge < -0.3 is 13.9 Å². The van der Waals surface area contributed by atoms with Crippen LogP contribution in [0.5, 0.6) is 5.75 Å². The van der Waals surface area contributed by atoms with Crippen LogP contribution in [-0.4, -0.2) is 24.1 Å². The van der Waals surface area contributed by atoms with E-state index in [9.17, 15) is 0 Å². The summed E-state index contributed by atoms with van der Waals surface area (Å²) in [5.41, 5.74) is 13.4. The predicted octanol–water partition coefficient (Wildman–Crippen LogP) is 14.1. The van der Waals surface area contributed by atoms with Crippen LogP contribution in [0.25, 0.3) is 89.2 Å². The number of nitrogens with zero attached hydrogens (tertiary/aromatic N) is 5. The lowest BCUT2D eigenvalue weighted by atomic mass is 9.61. The first-order valence-corrected chi connectivity index (χ1v) is 22.0. The van der Waals surface area contributed by atoms with E-state index < -0.39 is 5.41 Å². The third-order valence-corrected chi connectivity index (χ3v) is 13.4. The van der Waals surface area contributed by atoms with Crippen molar-refractivity contribution in [3.8, 4) is 51.3 Å². The van der Waals surface area contributed by atoms with Crippen LogP contribution in [0.3, 0.4) is 0 Å². The zero-order chi connectivity index (χ0) is 43.2. The molecule has 0 fully saturated rings. The molecule has 1 unspecified atom stereocenters. The molecule has 306 valence electrons. The van der Waals surface area contributed by atoms with Gasteiger partial charge in [-0.25, -0.2) is 15.0 Å². The van der Waals surface area contributed by atoms with Crippen molar-refractivity contribution in [1.82, 2.24) is 24.1 Å². The highest BCUT2D eigenvalue weighted by Crippen LogP contribution is 2.59. The lowest BCUT2D eigenvalue weighted by Crippen LogP contribution is -2.39. The van der Waals surface area contributed by atoms with Crippen molar-refractivity contribution in [1.29, 1.82) is 0 Å². The summed E-state index contributed by atoms with van der Waals surface area (Å²) in [6.07, 6.45) is 6.09. The van der Waals surface area contributed by atoms with E-state index in [0.29, 0.717) is 17.5 Å². The monoisotopic (exact) mass is 833 g/mol. The van der Waals surface area contributed by atoms with Gasteiger partial charge in [-0.05, 0) is 72.6 Å². The van der Waals surface area contributed by atoms with E-state index in [1.807, 2.05) is 72.8 Å². The highest BCUT2D eigenvalue weighted by molar-refractivity contribution is 6.13. The number of allylic oxidation sites excluding steroid dienone is 5. The number of hydrogen-bond donors (Lipinski definition) is 0. The molecule has 2 aliphatic heterocycles. The molecule has 65 heavy (non-hydrogen) atoms. The van der Waals surface area contributed by atoms with Crippen molar-refractivity contribution in [2.24, 2.45) is 0 Å². The van der Waals surface area contributed by atoms with E-state index in [1.54, 1.807) is 0 Å². The fraction of sp³-hybridized carbons (Fsp3) is 0.0339. The zero-order valence-corrected chi connectivity index (χ0v) is 35.5. The first-order valence-electron chi connectivity index (χ1n) is 22.0. The van der Waals surface area contributed by atoms with E-state index in [1.165, 1.54) is 32.9 Å². The lowest BCUT2D eigenvalue weighted by molar-refractivity contribution is 0.386. The van der Waals surface area contributed by atoms with Gasteiger partial charge in [-0.1, -0.05) is 158 Å². The molecule has 0 N–H and O–H groups in total. The van der Waals surface area contributed by atoms with Gasteiger partial charge in [-0.15, -0.1) is 0 Å². The SMILES string of the molecule is C=C/C=C\C1=C(C)Oc2cc3c4ccccc4n(-c4ccc(-c5nc(-c6ccccc6)nc(-c6ccccc6)n5)cc4)c3cc2C12c1ccccc1-n1c3ccccc3c3cccc2c31. The molecule has 0 saturated carbocycles. The van der Waals surface area contributed by atoms with Crippen LogP contribution in [0.2, 0.25) is 0 Å². The molecule has 5 heterocycles. The van der Waals surface area contributed by atoms with Crippen LogP contribution < -0.4 is 4.74 Å². The van der Waals surface area contributed by atoms with E-state index in [2.05, 4.69) is 156 Å². The summed E-state index contributed by atoms with van der Waals surface area (Å²) in [6, 6.07) is 66.6. The molecular weight excluding hydrogens is 795 g/mol. The molecular formula is C59H39N5O. The Balaban J connectivity index is 1.06. The van der Waals surface area contributed by atoms with Crippen LogP contribution in [0, 0.1) is 0 Å². The number of ether oxygens (including phenoxy) is 1. The Labute approximate surface area is 375 Å². The number of fused-ring (bicyclic) bond motifs is 12. The van der Waals surface area contributed by atoms with Crippen LogP contribution in [0.15, 0.2) is 224 Å². The third-order valence-electron chi connectivity index (χ3n) is 13.4. The maximum absolute atomic E-state index is 7.01. The van der Waals surface area contributed by atoms with Crippen molar-refractivity contribution in [3.05, 3.63) is 241 Å². The summed E-state index contributed by atoms with van der Waals surface area (Å²) in [6.45, 7) is 6.20. The van der Waals surface area contributed by atoms with Crippen molar-refractivity contribution in [2.45, 2.75) is 12.3 Å². The van der Waals surface area contributed by atoms with Gasteiger partial charge in [0.25, 0.3) is 0 Å². The Morgan fingerprint density at radius 1 is 0.492 bits per heavy atom. The highest BCUT2D eigenvalue weighted by atomic mass is 16.5. The number of benzene rings is 8. The topological polar surface area (TPSA) is 57.8 Å². The minimum absolute atomic E-state index is 0.615. The first-order chi connectivity index (χ1) is 32.1. The molecule has 8 aromatic carbocycles. The van der Waals surface area contributed by atoms with Crippen LogP contribution >= 0.6 is 0 Å². The number of hydrogen-bond acceptors (Lipinski definition) is 4. The van der Waals surface area contributed by atoms with Crippen LogP contribution in [0.4, 0.5) is 0 Å². The Kier molecular flexibility index (Phi) is 8.09. The van der Waals surface area contributed by atoms with E-state index in [-0.39, 0.29) is 0 Å². The van der Waals surface area contributed by atoms with Crippen molar-refractivity contribution < 1.29 is 4.74 Å². The van der Waals surface area contributed by atoms with E-state index in [4.69, 9.17) is 19.7 Å². The molecule has 0 saturated heterocycles. The maximum Gasteiger partial charge on any atom is 0.164 e. The van der Waals surface area contributed by atoms with Crippen molar-refractivity contribution in [3.63, 3.8) is 0 Å².